The Morgan fingerprint density at radius 2 is 1.86 bits per heavy atom. The summed E-state index contributed by atoms with van der Waals surface area (Å²) >= 11 is 0. The van der Waals surface area contributed by atoms with Gasteiger partial charge in [-0.1, -0.05) is 5.16 Å². The van der Waals surface area contributed by atoms with Crippen LogP contribution in [0.3, 0.4) is 0 Å². The Hall–Kier alpha value is -3.23. The lowest BCUT2D eigenvalue weighted by atomic mass is 9.96. The van der Waals surface area contributed by atoms with Gasteiger partial charge < -0.3 is 14.3 Å². The van der Waals surface area contributed by atoms with Gasteiger partial charge in [-0.25, -0.2) is 14.6 Å². The fourth-order valence-electron chi connectivity index (χ4n) is 4.06. The van der Waals surface area contributed by atoms with Crippen molar-refractivity contribution in [2.24, 2.45) is 0 Å². The van der Waals surface area contributed by atoms with Crippen LogP contribution in [0.1, 0.15) is 40.5 Å². The van der Waals surface area contributed by atoms with Crippen LogP contribution in [0, 0.1) is 6.92 Å². The maximum absolute atomic E-state index is 13.0. The first-order chi connectivity index (χ1) is 14.2. The van der Waals surface area contributed by atoms with Crippen molar-refractivity contribution in [1.82, 2.24) is 29.8 Å². The summed E-state index contributed by atoms with van der Waals surface area (Å²) in [7, 11) is 0. The molecule has 150 valence electrons. The summed E-state index contributed by atoms with van der Waals surface area (Å²) in [5, 5.41) is 8.34. The second-order valence-electron chi connectivity index (χ2n) is 7.50. The SMILES string of the molecule is Cc1nc(N2CCN(C(=O)c3noc4c3CCCC4)CC2)cc(-n2cccn2)n1. The largest absolute Gasteiger partial charge is 0.360 e. The van der Waals surface area contributed by atoms with Gasteiger partial charge in [0.1, 0.15) is 17.4 Å². The molecule has 0 radical (unpaired) electrons. The lowest BCUT2D eigenvalue weighted by Gasteiger charge is -2.35. The van der Waals surface area contributed by atoms with Crippen molar-refractivity contribution in [2.45, 2.75) is 32.6 Å². The number of aromatic nitrogens is 5. The molecule has 9 heteroatoms. The fraction of sp³-hybridized carbons (Fsp3) is 0.450. The highest BCUT2D eigenvalue weighted by Crippen LogP contribution is 2.26. The third-order valence-electron chi connectivity index (χ3n) is 5.59. The molecule has 9 nitrogen and oxygen atoms in total. The van der Waals surface area contributed by atoms with Gasteiger partial charge in [-0.3, -0.25) is 4.79 Å². The standard InChI is InChI=1S/C20H23N7O2/c1-14-22-17(13-18(23-14)27-8-4-7-21-27)25-9-11-26(12-10-25)20(28)19-15-5-2-3-6-16(15)29-24-19/h4,7-8,13H,2-3,5-6,9-12H2,1H3. The Kier molecular flexibility index (Phi) is 4.49. The lowest BCUT2D eigenvalue weighted by Crippen LogP contribution is -2.49. The molecule has 1 fully saturated rings. The van der Waals surface area contributed by atoms with Gasteiger partial charge in [0.05, 0.1) is 0 Å². The summed E-state index contributed by atoms with van der Waals surface area (Å²) in [6.45, 7) is 4.55. The Balaban J connectivity index is 1.30. The second-order valence-corrected chi connectivity index (χ2v) is 7.50. The minimum atomic E-state index is -0.0207. The molecule has 3 aromatic rings. The van der Waals surface area contributed by atoms with E-state index >= 15 is 0 Å². The zero-order chi connectivity index (χ0) is 19.8. The number of rotatable bonds is 3. The Morgan fingerprint density at radius 1 is 1.07 bits per heavy atom. The molecular formula is C20H23N7O2. The maximum Gasteiger partial charge on any atom is 0.276 e. The van der Waals surface area contributed by atoms with E-state index in [1.165, 1.54) is 0 Å². The molecule has 1 aliphatic heterocycles. The van der Waals surface area contributed by atoms with Gasteiger partial charge >= 0.3 is 0 Å². The Bertz CT molecular complexity index is 1020. The molecule has 0 aromatic carbocycles. The molecule has 3 aromatic heterocycles. The topological polar surface area (TPSA) is 93.2 Å². The van der Waals surface area contributed by atoms with Crippen molar-refractivity contribution < 1.29 is 9.32 Å². The molecule has 1 saturated heterocycles. The predicted octanol–water partition coefficient (Wildman–Crippen LogP) is 1.80. The zero-order valence-electron chi connectivity index (χ0n) is 16.4. The van der Waals surface area contributed by atoms with Crippen molar-refractivity contribution in [2.75, 3.05) is 31.1 Å². The quantitative estimate of drug-likeness (QED) is 0.670. The summed E-state index contributed by atoms with van der Waals surface area (Å²) in [6.07, 6.45) is 7.55. The minimum absolute atomic E-state index is 0.0207. The molecule has 5 rings (SSSR count). The van der Waals surface area contributed by atoms with Crippen LogP contribution in [-0.4, -0.2) is 61.9 Å². The molecule has 0 spiro atoms. The number of aryl methyl sites for hydroxylation is 2. The van der Waals surface area contributed by atoms with E-state index in [4.69, 9.17) is 4.52 Å². The third kappa shape index (κ3) is 3.37. The second kappa shape index (κ2) is 7.31. The van der Waals surface area contributed by atoms with Gasteiger partial charge in [0.15, 0.2) is 11.5 Å². The molecule has 0 unspecified atom stereocenters. The number of hydrogen-bond donors (Lipinski definition) is 0. The van der Waals surface area contributed by atoms with Crippen LogP contribution >= 0.6 is 0 Å². The smallest absolute Gasteiger partial charge is 0.276 e. The van der Waals surface area contributed by atoms with E-state index < -0.39 is 0 Å². The highest BCUT2D eigenvalue weighted by atomic mass is 16.5. The first-order valence-electron chi connectivity index (χ1n) is 10.1. The van der Waals surface area contributed by atoms with Gasteiger partial charge in [-0.2, -0.15) is 5.10 Å². The minimum Gasteiger partial charge on any atom is -0.360 e. The molecule has 0 atom stereocenters. The van der Waals surface area contributed by atoms with E-state index in [0.717, 1.165) is 48.6 Å². The number of carbonyl (C=O) groups is 1. The van der Waals surface area contributed by atoms with E-state index in [9.17, 15) is 4.79 Å². The number of nitrogens with zero attached hydrogens (tertiary/aromatic N) is 7. The van der Waals surface area contributed by atoms with Crippen LogP contribution < -0.4 is 4.90 Å². The molecule has 1 aliphatic carbocycles. The number of amides is 1. The van der Waals surface area contributed by atoms with Crippen molar-refractivity contribution in [3.63, 3.8) is 0 Å². The molecule has 0 saturated carbocycles. The number of piperazine rings is 1. The van der Waals surface area contributed by atoms with Gasteiger partial charge in [0, 0.05) is 56.6 Å². The third-order valence-corrected chi connectivity index (χ3v) is 5.59. The van der Waals surface area contributed by atoms with Crippen LogP contribution in [-0.2, 0) is 12.8 Å². The molecule has 2 aliphatic rings. The average Bonchev–Trinajstić information content (AvgIpc) is 3.43. The molecular weight excluding hydrogens is 370 g/mol. The van der Waals surface area contributed by atoms with Gasteiger partial charge in [-0.15, -0.1) is 0 Å². The van der Waals surface area contributed by atoms with Gasteiger partial charge in [0.25, 0.3) is 5.91 Å². The van der Waals surface area contributed by atoms with Crippen LogP contribution in [0.5, 0.6) is 0 Å². The number of carbonyl (C=O) groups excluding carboxylic acids is 1. The summed E-state index contributed by atoms with van der Waals surface area (Å²) in [4.78, 5) is 26.1. The summed E-state index contributed by atoms with van der Waals surface area (Å²) in [5.74, 6) is 3.16. The van der Waals surface area contributed by atoms with Crippen molar-refractivity contribution in [3.8, 4) is 5.82 Å². The normalized spacial score (nSPS) is 16.7. The van der Waals surface area contributed by atoms with Crippen molar-refractivity contribution >= 4 is 11.7 Å². The Labute approximate surface area is 168 Å². The first kappa shape index (κ1) is 17.8. The van der Waals surface area contributed by atoms with Crippen LogP contribution in [0.4, 0.5) is 5.82 Å². The van der Waals surface area contributed by atoms with Gasteiger partial charge in [-0.05, 0) is 32.3 Å². The van der Waals surface area contributed by atoms with E-state index in [1.54, 1.807) is 10.9 Å². The van der Waals surface area contributed by atoms with E-state index in [0.29, 0.717) is 37.7 Å². The molecule has 0 N–H and O–H groups in total. The van der Waals surface area contributed by atoms with Crippen LogP contribution in [0.25, 0.3) is 5.82 Å². The van der Waals surface area contributed by atoms with Crippen molar-refractivity contribution in [1.29, 1.82) is 0 Å². The van der Waals surface area contributed by atoms with Gasteiger partial charge in [0.2, 0.25) is 0 Å². The number of anilines is 1. The summed E-state index contributed by atoms with van der Waals surface area (Å²) in [5.41, 5.74) is 1.52. The van der Waals surface area contributed by atoms with E-state index in [-0.39, 0.29) is 5.91 Å². The molecule has 4 heterocycles. The molecule has 1 amide bonds. The number of hydrogen-bond acceptors (Lipinski definition) is 7. The molecule has 29 heavy (non-hydrogen) atoms. The lowest BCUT2D eigenvalue weighted by molar-refractivity contribution is 0.0735. The monoisotopic (exact) mass is 393 g/mol. The fourth-order valence-corrected chi connectivity index (χ4v) is 4.06. The van der Waals surface area contributed by atoms with E-state index in [2.05, 4.69) is 25.1 Å². The maximum atomic E-state index is 13.0. The average molecular weight is 393 g/mol. The Morgan fingerprint density at radius 3 is 2.66 bits per heavy atom. The summed E-state index contributed by atoms with van der Waals surface area (Å²) in [6, 6.07) is 3.80. The highest BCUT2D eigenvalue weighted by molar-refractivity contribution is 5.94. The number of fused-ring (bicyclic) bond motifs is 1. The van der Waals surface area contributed by atoms with Crippen molar-refractivity contribution in [3.05, 3.63) is 47.4 Å². The zero-order valence-corrected chi connectivity index (χ0v) is 16.4. The highest BCUT2D eigenvalue weighted by Gasteiger charge is 2.29. The first-order valence-corrected chi connectivity index (χ1v) is 10.1. The van der Waals surface area contributed by atoms with E-state index in [1.807, 2.05) is 30.2 Å². The molecule has 0 bridgehead atoms. The summed E-state index contributed by atoms with van der Waals surface area (Å²) < 4.78 is 7.15. The predicted molar refractivity (Wildman–Crippen MR) is 105 cm³/mol. The van der Waals surface area contributed by atoms with Crippen LogP contribution in [0.2, 0.25) is 0 Å². The van der Waals surface area contributed by atoms with Crippen LogP contribution in [0.15, 0.2) is 29.0 Å².